The molecule has 0 fully saturated rings. The second-order valence-corrected chi connectivity index (χ2v) is 11.9. The van der Waals surface area contributed by atoms with Crippen molar-refractivity contribution in [2.45, 2.75) is 51.3 Å². The quantitative estimate of drug-likeness (QED) is 0.115. The molecule has 3 rings (SSSR count). The minimum absolute atomic E-state index is 0.0138. The van der Waals surface area contributed by atoms with Gasteiger partial charge < -0.3 is 31.3 Å². The molecular formula is C33H37N7O10. The van der Waals surface area contributed by atoms with Crippen molar-refractivity contribution in [2.24, 2.45) is 0 Å². The summed E-state index contributed by atoms with van der Waals surface area (Å²) >= 11 is 0. The lowest BCUT2D eigenvalue weighted by Crippen LogP contribution is -2.55. The Morgan fingerprint density at radius 3 is 1.76 bits per heavy atom. The minimum atomic E-state index is -1.33. The van der Waals surface area contributed by atoms with E-state index in [1.807, 2.05) is 0 Å². The van der Waals surface area contributed by atoms with Crippen molar-refractivity contribution in [1.82, 2.24) is 21.3 Å². The Kier molecular flexibility index (Phi) is 13.5. The van der Waals surface area contributed by atoms with Crippen LogP contribution >= 0.6 is 0 Å². The van der Waals surface area contributed by atoms with Gasteiger partial charge >= 0.3 is 6.09 Å². The van der Waals surface area contributed by atoms with Crippen LogP contribution in [0.5, 0.6) is 0 Å². The summed E-state index contributed by atoms with van der Waals surface area (Å²) in [7, 11) is 0. The molecule has 5 N–H and O–H groups in total. The van der Waals surface area contributed by atoms with Gasteiger partial charge in [-0.1, -0.05) is 60.7 Å². The van der Waals surface area contributed by atoms with Gasteiger partial charge in [0.1, 0.15) is 29.9 Å². The molecule has 17 nitrogen and oxygen atoms in total. The number of nitro benzene ring substituents is 2. The van der Waals surface area contributed by atoms with Gasteiger partial charge in [-0.3, -0.25) is 39.4 Å². The number of nitrogens with zero attached hydrogens (tertiary/aromatic N) is 2. The molecule has 0 aromatic heterocycles. The third-order valence-corrected chi connectivity index (χ3v) is 6.73. The van der Waals surface area contributed by atoms with E-state index >= 15 is 0 Å². The number of rotatable bonds is 15. The number of non-ortho nitro benzene ring substituents is 1. The normalized spacial score (nSPS) is 12.0. The molecule has 0 aliphatic carbocycles. The predicted octanol–water partition coefficient (Wildman–Crippen LogP) is 2.54. The van der Waals surface area contributed by atoms with Crippen LogP contribution in [0.2, 0.25) is 0 Å². The van der Waals surface area contributed by atoms with Crippen molar-refractivity contribution in [2.75, 3.05) is 18.4 Å². The molecule has 3 aromatic rings. The van der Waals surface area contributed by atoms with Gasteiger partial charge in [0.15, 0.2) is 0 Å². The molecule has 2 atom stereocenters. The third-order valence-electron chi connectivity index (χ3n) is 6.73. The highest BCUT2D eigenvalue weighted by molar-refractivity contribution is 6.00. The fourth-order valence-electron chi connectivity index (χ4n) is 4.45. The van der Waals surface area contributed by atoms with Gasteiger partial charge in [0.2, 0.25) is 23.6 Å². The van der Waals surface area contributed by atoms with Gasteiger partial charge in [-0.2, -0.15) is 0 Å². The number of nitro groups is 2. The molecule has 17 heteroatoms. The fourth-order valence-corrected chi connectivity index (χ4v) is 4.45. The Morgan fingerprint density at radius 2 is 1.24 bits per heavy atom. The van der Waals surface area contributed by atoms with Crippen molar-refractivity contribution in [1.29, 1.82) is 0 Å². The Balaban J connectivity index is 1.78. The van der Waals surface area contributed by atoms with E-state index in [9.17, 15) is 44.2 Å². The summed E-state index contributed by atoms with van der Waals surface area (Å²) in [5.74, 6) is -3.10. The Bertz CT molecular complexity index is 1710. The molecule has 0 bridgehead atoms. The van der Waals surface area contributed by atoms with Gasteiger partial charge in [-0.25, -0.2) is 4.79 Å². The number of anilines is 1. The smallest absolute Gasteiger partial charge is 0.408 e. The molecule has 0 saturated carbocycles. The summed E-state index contributed by atoms with van der Waals surface area (Å²) in [6.45, 7) is 3.94. The Labute approximate surface area is 286 Å². The first-order valence-electron chi connectivity index (χ1n) is 15.3. The van der Waals surface area contributed by atoms with Crippen LogP contribution in [0, 0.1) is 20.2 Å². The number of hydrogen-bond acceptors (Lipinski definition) is 10. The number of nitrogens with one attached hydrogen (secondary N) is 5. The zero-order chi connectivity index (χ0) is 36.8. The van der Waals surface area contributed by atoms with Gasteiger partial charge in [-0.15, -0.1) is 0 Å². The van der Waals surface area contributed by atoms with Crippen LogP contribution < -0.4 is 26.6 Å². The Hall–Kier alpha value is -6.39. The summed E-state index contributed by atoms with van der Waals surface area (Å²) in [6, 6.07) is 17.4. The van der Waals surface area contributed by atoms with E-state index in [1.54, 1.807) is 81.4 Å². The summed E-state index contributed by atoms with van der Waals surface area (Å²) < 4.78 is 5.06. The first-order chi connectivity index (χ1) is 23.6. The molecule has 50 heavy (non-hydrogen) atoms. The van der Waals surface area contributed by atoms with E-state index in [2.05, 4.69) is 26.6 Å². The Morgan fingerprint density at radius 1 is 0.700 bits per heavy atom. The van der Waals surface area contributed by atoms with Crippen molar-refractivity contribution in [3.05, 3.63) is 110 Å². The van der Waals surface area contributed by atoms with Crippen LogP contribution in [-0.4, -0.2) is 70.3 Å². The second kappa shape index (κ2) is 17.7. The monoisotopic (exact) mass is 691 g/mol. The highest BCUT2D eigenvalue weighted by Gasteiger charge is 2.29. The van der Waals surface area contributed by atoms with Crippen molar-refractivity contribution < 1.29 is 38.6 Å². The zero-order valence-corrected chi connectivity index (χ0v) is 27.5. The summed E-state index contributed by atoms with van der Waals surface area (Å²) in [4.78, 5) is 85.4. The number of benzene rings is 3. The third kappa shape index (κ3) is 12.7. The largest absolute Gasteiger partial charge is 0.444 e. The maximum atomic E-state index is 13.7. The first-order valence-corrected chi connectivity index (χ1v) is 15.3. The zero-order valence-electron chi connectivity index (χ0n) is 27.5. The van der Waals surface area contributed by atoms with E-state index in [0.717, 1.165) is 12.1 Å². The molecule has 5 amide bonds. The molecular weight excluding hydrogens is 654 g/mol. The van der Waals surface area contributed by atoms with Gasteiger partial charge in [0, 0.05) is 18.9 Å². The maximum Gasteiger partial charge on any atom is 0.408 e. The summed E-state index contributed by atoms with van der Waals surface area (Å²) in [6.07, 6.45) is -0.902. The molecule has 0 unspecified atom stereocenters. The molecule has 0 radical (unpaired) electrons. The fraction of sp³-hybridized carbons (Fsp3) is 0.303. The first kappa shape index (κ1) is 38.1. The number of carbonyl (C=O) groups excluding carboxylic acids is 5. The standard InChI is InChI=1S/C33H37N7O10/c1-33(2,3)50-32(45)35-19-28(41)34-20-29(42)36-25(16-21-10-6-4-7-11-21)30(43)38-26(17-22-12-8-5-9-13-22)31(44)37-24-15-14-23(39(46)47)18-27(24)40(48)49/h4-15,18,25-26H,16-17,19-20H2,1-3H3,(H,34,41)(H,35,45)(H,36,42)(H,37,44)(H,38,43)/t25-,26+/m0/s1. The molecule has 0 aliphatic heterocycles. The highest BCUT2D eigenvalue weighted by Crippen LogP contribution is 2.29. The lowest BCUT2D eigenvalue weighted by Gasteiger charge is -2.24. The van der Waals surface area contributed by atoms with Crippen molar-refractivity contribution >= 4 is 46.8 Å². The van der Waals surface area contributed by atoms with Gasteiger partial charge in [0.25, 0.3) is 11.4 Å². The van der Waals surface area contributed by atoms with E-state index in [-0.39, 0.29) is 18.5 Å². The number of carbonyl (C=O) groups is 5. The van der Waals surface area contributed by atoms with Crippen molar-refractivity contribution in [3.8, 4) is 0 Å². The lowest BCUT2D eigenvalue weighted by molar-refractivity contribution is -0.393. The lowest BCUT2D eigenvalue weighted by atomic mass is 10.0. The average molecular weight is 692 g/mol. The SMILES string of the molecule is CC(C)(C)OC(=O)NCC(=O)NCC(=O)N[C@@H](Cc1ccccc1)C(=O)N[C@H](Cc1ccccc1)C(=O)Nc1ccc([N+](=O)[O-])cc1[N+](=O)[O-]. The van der Waals surface area contributed by atoms with E-state index < -0.39 is 81.7 Å². The van der Waals surface area contributed by atoms with Gasteiger partial charge in [0.05, 0.1) is 22.5 Å². The van der Waals surface area contributed by atoms with Crippen LogP contribution in [0.15, 0.2) is 78.9 Å². The van der Waals surface area contributed by atoms with Crippen LogP contribution in [0.3, 0.4) is 0 Å². The molecule has 0 saturated heterocycles. The molecule has 0 heterocycles. The number of ether oxygens (including phenoxy) is 1. The topological polar surface area (TPSA) is 241 Å². The van der Waals surface area contributed by atoms with Crippen LogP contribution in [-0.2, 0) is 36.8 Å². The summed E-state index contributed by atoms with van der Waals surface area (Å²) in [5, 5.41) is 35.0. The molecule has 264 valence electrons. The highest BCUT2D eigenvalue weighted by atomic mass is 16.6. The van der Waals surface area contributed by atoms with Crippen LogP contribution in [0.4, 0.5) is 21.9 Å². The van der Waals surface area contributed by atoms with E-state index in [4.69, 9.17) is 4.74 Å². The predicted molar refractivity (Wildman–Crippen MR) is 180 cm³/mol. The molecule has 3 aromatic carbocycles. The van der Waals surface area contributed by atoms with Crippen molar-refractivity contribution in [3.63, 3.8) is 0 Å². The average Bonchev–Trinajstić information content (AvgIpc) is 3.05. The molecule has 0 aliphatic rings. The summed E-state index contributed by atoms with van der Waals surface area (Å²) in [5.41, 5.74) is -1.11. The second-order valence-electron chi connectivity index (χ2n) is 11.9. The molecule has 0 spiro atoms. The van der Waals surface area contributed by atoms with Gasteiger partial charge in [-0.05, 0) is 38.0 Å². The van der Waals surface area contributed by atoms with E-state index in [0.29, 0.717) is 17.2 Å². The van der Waals surface area contributed by atoms with Crippen LogP contribution in [0.25, 0.3) is 0 Å². The minimum Gasteiger partial charge on any atom is -0.444 e. The van der Waals surface area contributed by atoms with E-state index in [1.165, 1.54) is 0 Å². The number of amides is 5. The maximum absolute atomic E-state index is 13.7. The number of hydrogen-bond donors (Lipinski definition) is 5. The van der Waals surface area contributed by atoms with Crippen LogP contribution in [0.1, 0.15) is 31.9 Å². The number of alkyl carbamates (subject to hydrolysis) is 1.